The van der Waals surface area contributed by atoms with Gasteiger partial charge in [-0.2, -0.15) is 18.2 Å². The van der Waals surface area contributed by atoms with E-state index in [9.17, 15) is 23.1 Å². The minimum absolute atomic E-state index is 0.0638. The molecule has 7 nitrogen and oxygen atoms in total. The van der Waals surface area contributed by atoms with Crippen molar-refractivity contribution in [3.8, 4) is 0 Å². The number of aliphatic hydroxyl groups is 1. The van der Waals surface area contributed by atoms with Gasteiger partial charge in [-0.1, -0.05) is 25.9 Å². The lowest BCUT2D eigenvalue weighted by atomic mass is 9.96. The summed E-state index contributed by atoms with van der Waals surface area (Å²) in [6.07, 6.45) is -6.30. The summed E-state index contributed by atoms with van der Waals surface area (Å²) in [7, 11) is 0. The molecule has 11 heteroatoms. The first kappa shape index (κ1) is 21.3. The van der Waals surface area contributed by atoms with E-state index in [1.807, 2.05) is 20.8 Å². The number of amides is 1. The number of carbonyl (C=O) groups excluding carboxylic acids is 1. The van der Waals surface area contributed by atoms with Crippen LogP contribution in [-0.4, -0.2) is 32.3 Å². The second-order valence-electron chi connectivity index (χ2n) is 7.32. The molecule has 27 heavy (non-hydrogen) atoms. The third-order valence-electron chi connectivity index (χ3n) is 3.72. The third-order valence-corrected chi connectivity index (χ3v) is 4.83. The summed E-state index contributed by atoms with van der Waals surface area (Å²) in [5.41, 5.74) is -3.43. The Morgan fingerprint density at radius 3 is 2.41 bits per heavy atom. The quantitative estimate of drug-likeness (QED) is 0.791. The Morgan fingerprint density at radius 2 is 1.96 bits per heavy atom. The zero-order valence-corrected chi connectivity index (χ0v) is 16.3. The van der Waals surface area contributed by atoms with Crippen LogP contribution in [0.3, 0.4) is 0 Å². The lowest BCUT2D eigenvalue weighted by molar-refractivity contribution is -0.267. The zero-order valence-electron chi connectivity index (χ0n) is 15.5. The van der Waals surface area contributed by atoms with Crippen LogP contribution in [0.2, 0.25) is 0 Å². The molecule has 0 unspecified atom stereocenters. The van der Waals surface area contributed by atoms with Crippen molar-refractivity contribution < 1.29 is 27.6 Å². The molecular weight excluding hydrogens is 385 g/mol. The normalized spacial score (nSPS) is 16.0. The molecule has 2 N–H and O–H groups in total. The summed E-state index contributed by atoms with van der Waals surface area (Å²) >= 11 is 0.645. The molecule has 2 aromatic rings. The largest absolute Gasteiger partial charge is 0.424 e. The van der Waals surface area contributed by atoms with E-state index < -0.39 is 35.2 Å². The molecule has 2 atom stereocenters. The SMILES string of the molecule is Cc1csc([C@](O)(CC(=O)N[C@@H](C)c2nc(C(C)(C)C)no2)C(F)(F)F)n1. The van der Waals surface area contributed by atoms with Gasteiger partial charge >= 0.3 is 6.18 Å². The molecule has 2 aromatic heterocycles. The van der Waals surface area contributed by atoms with Crippen LogP contribution in [0, 0.1) is 6.92 Å². The molecule has 0 saturated carbocycles. The maximum Gasteiger partial charge on any atom is 0.424 e. The fourth-order valence-electron chi connectivity index (χ4n) is 2.14. The second-order valence-corrected chi connectivity index (χ2v) is 8.18. The maximum absolute atomic E-state index is 13.5. The van der Waals surface area contributed by atoms with Crippen LogP contribution < -0.4 is 5.32 Å². The van der Waals surface area contributed by atoms with E-state index in [2.05, 4.69) is 20.4 Å². The molecule has 0 fully saturated rings. The van der Waals surface area contributed by atoms with Crippen LogP contribution in [0.1, 0.15) is 62.6 Å². The lowest BCUT2D eigenvalue weighted by Gasteiger charge is -2.28. The summed E-state index contributed by atoms with van der Waals surface area (Å²) in [5.74, 6) is -0.553. The molecule has 0 aliphatic heterocycles. The monoisotopic (exact) mass is 406 g/mol. The molecule has 0 bridgehead atoms. The molecule has 1 amide bonds. The number of hydrogen-bond acceptors (Lipinski definition) is 7. The first-order valence-corrected chi connectivity index (χ1v) is 8.97. The average molecular weight is 406 g/mol. The van der Waals surface area contributed by atoms with Gasteiger partial charge in [0.2, 0.25) is 17.4 Å². The number of carbonyl (C=O) groups is 1. The van der Waals surface area contributed by atoms with Crippen molar-refractivity contribution in [2.45, 2.75) is 64.3 Å². The van der Waals surface area contributed by atoms with Crippen molar-refractivity contribution in [1.29, 1.82) is 0 Å². The summed E-state index contributed by atoms with van der Waals surface area (Å²) < 4.78 is 45.4. The Balaban J connectivity index is 2.15. The molecular formula is C16H21F3N4O3S. The van der Waals surface area contributed by atoms with Crippen molar-refractivity contribution >= 4 is 17.2 Å². The fraction of sp³-hybridized carbons (Fsp3) is 0.625. The van der Waals surface area contributed by atoms with E-state index in [1.165, 1.54) is 19.2 Å². The molecule has 2 heterocycles. The maximum atomic E-state index is 13.5. The van der Waals surface area contributed by atoms with Gasteiger partial charge in [0.1, 0.15) is 11.0 Å². The Hall–Kier alpha value is -2.01. The predicted octanol–water partition coefficient (Wildman–Crippen LogP) is 3.15. The highest BCUT2D eigenvalue weighted by Crippen LogP contribution is 2.42. The molecule has 2 rings (SSSR count). The number of hydrogen-bond donors (Lipinski definition) is 2. The van der Waals surface area contributed by atoms with Crippen LogP contribution in [0.25, 0.3) is 0 Å². The molecule has 0 aliphatic carbocycles. The molecule has 0 aliphatic rings. The van der Waals surface area contributed by atoms with Crippen molar-refractivity contribution in [3.63, 3.8) is 0 Å². The Kier molecular flexibility index (Phi) is 5.67. The van der Waals surface area contributed by atoms with E-state index >= 15 is 0 Å². The van der Waals surface area contributed by atoms with E-state index in [4.69, 9.17) is 4.52 Å². The van der Waals surface area contributed by atoms with Gasteiger partial charge in [-0.3, -0.25) is 4.79 Å². The second kappa shape index (κ2) is 7.19. The number of alkyl halides is 3. The van der Waals surface area contributed by atoms with Crippen molar-refractivity contribution in [2.75, 3.05) is 0 Å². The number of thiazole rings is 1. The summed E-state index contributed by atoms with van der Waals surface area (Å²) in [6, 6.07) is -0.823. The molecule has 0 spiro atoms. The first-order chi connectivity index (χ1) is 12.2. The smallest absolute Gasteiger partial charge is 0.374 e. The van der Waals surface area contributed by atoms with Gasteiger partial charge in [0.25, 0.3) is 0 Å². The highest BCUT2D eigenvalue weighted by atomic mass is 32.1. The van der Waals surface area contributed by atoms with Gasteiger partial charge in [0, 0.05) is 16.5 Å². The predicted molar refractivity (Wildman–Crippen MR) is 91.0 cm³/mol. The number of aryl methyl sites for hydroxylation is 1. The highest BCUT2D eigenvalue weighted by molar-refractivity contribution is 7.09. The van der Waals surface area contributed by atoms with Crippen LogP contribution in [-0.2, 0) is 15.8 Å². The van der Waals surface area contributed by atoms with Gasteiger partial charge in [-0.25, -0.2) is 4.98 Å². The van der Waals surface area contributed by atoms with Crippen LogP contribution >= 0.6 is 11.3 Å². The topological polar surface area (TPSA) is 101 Å². The summed E-state index contributed by atoms with van der Waals surface area (Å²) in [6.45, 7) is 8.60. The summed E-state index contributed by atoms with van der Waals surface area (Å²) in [4.78, 5) is 20.0. The minimum atomic E-state index is -5.07. The van der Waals surface area contributed by atoms with E-state index in [0.717, 1.165) is 0 Å². The van der Waals surface area contributed by atoms with E-state index in [1.54, 1.807) is 0 Å². The van der Waals surface area contributed by atoms with Crippen LogP contribution in [0.4, 0.5) is 13.2 Å². The minimum Gasteiger partial charge on any atom is -0.374 e. The van der Waals surface area contributed by atoms with Gasteiger partial charge in [0.15, 0.2) is 5.82 Å². The molecule has 0 radical (unpaired) electrons. The van der Waals surface area contributed by atoms with E-state index in [-0.39, 0.29) is 11.3 Å². The number of rotatable bonds is 5. The Morgan fingerprint density at radius 1 is 1.33 bits per heavy atom. The van der Waals surface area contributed by atoms with Gasteiger partial charge in [-0.15, -0.1) is 11.3 Å². The Bertz CT molecular complexity index is 812. The molecule has 150 valence electrons. The zero-order chi connectivity index (χ0) is 20.6. The molecule has 0 aromatic carbocycles. The van der Waals surface area contributed by atoms with Gasteiger partial charge in [0.05, 0.1) is 6.42 Å². The fourth-order valence-corrected chi connectivity index (χ4v) is 3.06. The van der Waals surface area contributed by atoms with Crippen molar-refractivity contribution in [3.05, 3.63) is 27.8 Å². The number of nitrogens with zero attached hydrogens (tertiary/aromatic N) is 3. The number of halogens is 3. The Labute approximate surface area is 158 Å². The number of aromatic nitrogens is 3. The van der Waals surface area contributed by atoms with Crippen molar-refractivity contribution in [2.24, 2.45) is 0 Å². The average Bonchev–Trinajstić information content (AvgIpc) is 3.13. The van der Waals surface area contributed by atoms with Gasteiger partial charge < -0.3 is 14.9 Å². The lowest BCUT2D eigenvalue weighted by Crippen LogP contribution is -2.46. The standard InChI is InChI=1S/C16H21F3N4O3S/c1-8-7-27-13(20-8)15(25,16(17,18)19)6-10(24)21-9(2)11-22-12(23-26-11)14(3,4)5/h7,9,25H,6H2,1-5H3,(H,21,24)/t9-,15+/m0/s1. The number of nitrogens with one attached hydrogen (secondary N) is 1. The first-order valence-electron chi connectivity index (χ1n) is 8.09. The third kappa shape index (κ3) is 4.64. The summed E-state index contributed by atoms with van der Waals surface area (Å²) in [5, 5.41) is 17.2. The van der Waals surface area contributed by atoms with Crippen molar-refractivity contribution in [1.82, 2.24) is 20.4 Å². The van der Waals surface area contributed by atoms with Crippen LogP contribution in [0.15, 0.2) is 9.90 Å². The van der Waals surface area contributed by atoms with Gasteiger partial charge in [-0.05, 0) is 13.8 Å². The molecule has 0 saturated heterocycles. The van der Waals surface area contributed by atoms with Crippen LogP contribution in [0.5, 0.6) is 0 Å². The highest BCUT2D eigenvalue weighted by Gasteiger charge is 2.58. The van der Waals surface area contributed by atoms with E-state index in [0.29, 0.717) is 22.9 Å².